The Morgan fingerprint density at radius 2 is 0.828 bits per heavy atom. The number of imide groups is 2. The number of hydrogen-bond donors (Lipinski definition) is 1. The molecule has 4 aromatic rings. The molecule has 0 bridgehead atoms. The molecule has 308 valence electrons. The number of nitrogens with one attached hydrogen (secondary N) is 1. The maximum absolute atomic E-state index is 12.8. The first-order chi connectivity index (χ1) is 26.5. The third-order valence-corrected chi connectivity index (χ3v) is 9.08. The first kappa shape index (κ1) is 54.6. The van der Waals surface area contributed by atoms with Crippen molar-refractivity contribution in [2.24, 2.45) is 0 Å². The molecule has 10 nitrogen and oxygen atoms in total. The Morgan fingerprint density at radius 3 is 1.22 bits per heavy atom. The molecule has 4 aliphatic rings. The number of rotatable bonds is 5. The Bertz CT molecular complexity index is 1760. The van der Waals surface area contributed by atoms with Gasteiger partial charge in [-0.15, -0.1) is 0 Å². The van der Waals surface area contributed by atoms with Crippen molar-refractivity contribution in [3.8, 4) is 0 Å². The van der Waals surface area contributed by atoms with Crippen molar-refractivity contribution in [1.82, 2.24) is 10.2 Å². The summed E-state index contributed by atoms with van der Waals surface area (Å²) in [5, 5.41) is 3.34. The molecule has 0 spiro atoms. The second-order valence-electron chi connectivity index (χ2n) is 12.2. The molecule has 4 aliphatic heterocycles. The van der Waals surface area contributed by atoms with E-state index in [2.05, 4.69) is 62.5 Å². The molecule has 8 rings (SSSR count). The SMILES string of the molecule is CC.CC.O=C1C=CC(=O)N1c1ccccc1.O=C1CC(N2CCN(c3ccccc3)CC2)C(=O)N1c1ccccc1.[2HH].[CH3-].[CH3-].[Y].[Y].c1ccc(N2CCNCC2)cc1. The summed E-state index contributed by atoms with van der Waals surface area (Å²) < 4.78 is 0. The fourth-order valence-electron chi connectivity index (χ4n) is 6.47. The maximum Gasteiger partial charge on any atom is 0.258 e. The van der Waals surface area contributed by atoms with Gasteiger partial charge in [0, 0.05) is 143 Å². The molecule has 1 N–H and O–H groups in total. The Kier molecular flexibility index (Phi) is 28.0. The van der Waals surface area contributed by atoms with Crippen LogP contribution in [0.2, 0.25) is 0 Å². The number of carbonyl (C=O) groups is 4. The van der Waals surface area contributed by atoms with Crippen LogP contribution in [0.15, 0.2) is 133 Å². The Balaban J connectivity index is 0. The molecule has 2 radical (unpaired) electrons. The molecule has 4 amide bonds. The Morgan fingerprint density at radius 1 is 0.483 bits per heavy atom. The maximum atomic E-state index is 12.8. The minimum atomic E-state index is -0.328. The number of benzene rings is 4. The number of carbonyl (C=O) groups excluding carboxylic acids is 4. The van der Waals surface area contributed by atoms with Gasteiger partial charge in [-0.2, -0.15) is 0 Å². The third-order valence-electron chi connectivity index (χ3n) is 9.08. The standard InChI is InChI=1S/C20H21N3O2.C10H14N2.C10H7NO2.2C2H6.2CH3.2Y.H2/c24-19-15-18(20(25)23(19)17-9-5-2-6-10-17)22-13-11-21(12-14-22)16-7-3-1-4-8-16;1-2-4-10(5-3-1)12-8-6-11-7-9-12;12-9-6-7-10(13)11(9)8-4-2-1-3-5-8;2*1-2;;;;;/h1-10,18H,11-15H2;1-5,11H,6-9H2;1-7H;2*1-2H3;2*1H3;;;1H/q;;;;;2*-1;;;/i;;;;;;;;;1+1. The molecule has 0 aromatic heterocycles. The molecule has 4 heterocycles. The molecule has 4 aromatic carbocycles. The van der Waals surface area contributed by atoms with E-state index in [1.54, 1.807) is 24.3 Å². The number of para-hydroxylation sites is 4. The van der Waals surface area contributed by atoms with Crippen molar-refractivity contribution in [3.05, 3.63) is 148 Å². The number of anilines is 4. The van der Waals surface area contributed by atoms with Gasteiger partial charge in [-0.1, -0.05) is 100 Å². The molecular weight excluding hydrogens is 878 g/mol. The van der Waals surface area contributed by atoms with Crippen LogP contribution in [0, 0.1) is 14.9 Å². The molecular formula is C46H62N6O4Y2-2. The van der Waals surface area contributed by atoms with Gasteiger partial charge in [-0.3, -0.25) is 24.1 Å². The van der Waals surface area contributed by atoms with E-state index in [4.69, 9.17) is 0 Å². The summed E-state index contributed by atoms with van der Waals surface area (Å²) in [6, 6.07) is 38.6. The number of amides is 4. The van der Waals surface area contributed by atoms with Crippen LogP contribution in [0.1, 0.15) is 35.5 Å². The van der Waals surface area contributed by atoms with Gasteiger partial charge in [0.2, 0.25) is 5.91 Å². The largest absolute Gasteiger partial charge is 0.369 e. The molecule has 1 unspecified atom stereocenters. The minimum absolute atomic E-state index is 0. The summed E-state index contributed by atoms with van der Waals surface area (Å²) in [5.74, 6) is -0.761. The van der Waals surface area contributed by atoms with Gasteiger partial charge >= 0.3 is 0 Å². The topological polar surface area (TPSA) is 96.5 Å². The summed E-state index contributed by atoms with van der Waals surface area (Å²) in [5.41, 5.74) is 3.84. The zero-order chi connectivity index (χ0) is 38.7. The van der Waals surface area contributed by atoms with Crippen LogP contribution in [-0.4, -0.2) is 86.9 Å². The van der Waals surface area contributed by atoms with E-state index in [0.717, 1.165) is 57.3 Å². The molecule has 3 saturated heterocycles. The molecule has 1 atom stereocenters. The first-order valence-electron chi connectivity index (χ1n) is 19.1. The van der Waals surface area contributed by atoms with E-state index in [1.165, 1.54) is 28.4 Å². The summed E-state index contributed by atoms with van der Waals surface area (Å²) in [7, 11) is 0. The van der Waals surface area contributed by atoms with Gasteiger partial charge in [0.05, 0.1) is 23.8 Å². The van der Waals surface area contributed by atoms with Crippen LogP contribution in [0.25, 0.3) is 0 Å². The van der Waals surface area contributed by atoms with Gasteiger partial charge in [0.1, 0.15) is 0 Å². The second kappa shape index (κ2) is 29.8. The van der Waals surface area contributed by atoms with E-state index in [0.29, 0.717) is 11.4 Å². The molecule has 12 heteroatoms. The third kappa shape index (κ3) is 15.3. The predicted molar refractivity (Wildman–Crippen MR) is 235 cm³/mol. The minimum Gasteiger partial charge on any atom is -0.369 e. The normalized spacial score (nSPS) is 16.8. The van der Waals surface area contributed by atoms with E-state index in [1.807, 2.05) is 82.3 Å². The van der Waals surface area contributed by atoms with Gasteiger partial charge < -0.3 is 30.0 Å². The van der Waals surface area contributed by atoms with Gasteiger partial charge in [0.15, 0.2) is 0 Å². The molecule has 0 saturated carbocycles. The monoisotopic (exact) mass is 941 g/mol. The van der Waals surface area contributed by atoms with Crippen molar-refractivity contribution in [2.45, 2.75) is 40.2 Å². The van der Waals surface area contributed by atoms with Crippen molar-refractivity contribution < 1.29 is 86.0 Å². The summed E-state index contributed by atoms with van der Waals surface area (Å²) >= 11 is 0. The quantitative estimate of drug-likeness (QED) is 0.162. The van der Waals surface area contributed by atoms with Crippen LogP contribution >= 0.6 is 0 Å². The van der Waals surface area contributed by atoms with E-state index < -0.39 is 0 Å². The van der Waals surface area contributed by atoms with E-state index >= 15 is 0 Å². The summed E-state index contributed by atoms with van der Waals surface area (Å²) in [4.78, 5) is 57.0. The van der Waals surface area contributed by atoms with Crippen LogP contribution in [0.4, 0.5) is 22.7 Å². The van der Waals surface area contributed by atoms with Crippen molar-refractivity contribution in [3.63, 3.8) is 0 Å². The van der Waals surface area contributed by atoms with Crippen molar-refractivity contribution in [1.29, 1.82) is 0 Å². The van der Waals surface area contributed by atoms with Gasteiger partial charge in [0.25, 0.3) is 17.7 Å². The smallest absolute Gasteiger partial charge is 0.258 e. The summed E-state index contributed by atoms with van der Waals surface area (Å²) in [6.45, 7) is 15.8. The first-order valence-corrected chi connectivity index (χ1v) is 19.1. The second-order valence-corrected chi connectivity index (χ2v) is 12.2. The molecule has 0 aliphatic carbocycles. The van der Waals surface area contributed by atoms with Gasteiger partial charge in [-0.25, -0.2) is 9.80 Å². The van der Waals surface area contributed by atoms with Crippen molar-refractivity contribution >= 4 is 46.4 Å². The van der Waals surface area contributed by atoms with Crippen LogP contribution < -0.4 is 24.9 Å². The number of nitrogens with zero attached hydrogens (tertiary/aromatic N) is 5. The Labute approximate surface area is 399 Å². The van der Waals surface area contributed by atoms with Crippen LogP contribution in [0.5, 0.6) is 0 Å². The number of hydrogen-bond acceptors (Lipinski definition) is 8. The molecule has 3 fully saturated rings. The zero-order valence-corrected chi connectivity index (χ0v) is 40.8. The average molecular weight is 942 g/mol. The fraction of sp³-hybridized carbons (Fsp3) is 0.304. The van der Waals surface area contributed by atoms with Gasteiger partial charge in [-0.05, 0) is 48.5 Å². The fourth-order valence-corrected chi connectivity index (χ4v) is 6.47. The summed E-state index contributed by atoms with van der Waals surface area (Å²) in [6.07, 6.45) is 2.82. The van der Waals surface area contributed by atoms with E-state index in [-0.39, 0.29) is 118 Å². The number of piperazine rings is 2. The van der Waals surface area contributed by atoms with Crippen LogP contribution in [-0.2, 0) is 84.6 Å². The predicted octanol–water partition coefficient (Wildman–Crippen LogP) is 7.55. The zero-order valence-electron chi connectivity index (χ0n) is 35.2. The van der Waals surface area contributed by atoms with E-state index in [9.17, 15) is 19.2 Å². The van der Waals surface area contributed by atoms with Crippen LogP contribution in [0.3, 0.4) is 0 Å². The van der Waals surface area contributed by atoms with Crippen molar-refractivity contribution in [2.75, 3.05) is 72.0 Å². The average Bonchev–Trinajstić information content (AvgIpc) is 3.76. The molecule has 58 heavy (non-hydrogen) atoms. The Hall–Kier alpha value is -3.37.